The van der Waals surface area contributed by atoms with Crippen LogP contribution in [-0.4, -0.2) is 4.92 Å². The number of benzene rings is 3. The molecule has 1 aliphatic carbocycles. The normalized spacial score (nSPS) is 22.0. The van der Waals surface area contributed by atoms with E-state index in [1.54, 1.807) is 24.3 Å². The smallest absolute Gasteiger partial charge is 0.269 e. The second-order valence-electron chi connectivity index (χ2n) is 7.36. The van der Waals surface area contributed by atoms with Crippen molar-refractivity contribution in [2.45, 2.75) is 18.4 Å². The zero-order chi connectivity index (χ0) is 19.4. The van der Waals surface area contributed by atoms with Gasteiger partial charge in [-0.15, -0.1) is 0 Å². The molecule has 0 radical (unpaired) electrons. The molecule has 1 heterocycles. The number of nitrogens with one attached hydrogen (secondary N) is 1. The maximum absolute atomic E-state index is 11.3. The third-order valence-electron chi connectivity index (χ3n) is 5.89. The van der Waals surface area contributed by atoms with Gasteiger partial charge in [0, 0.05) is 33.8 Å². The number of nitrogens with zero attached hydrogens (tertiary/aromatic N) is 1. The molecule has 2 aliphatic rings. The van der Waals surface area contributed by atoms with Crippen LogP contribution in [0, 0.1) is 16.0 Å². The topological polar surface area (TPSA) is 55.2 Å². The standard InChI is InChI=1S/C22H16Cl2N2O2/c23-13-5-7-16(19(24)10-13)22-18-9-12-3-1-2-4-15(12)21(18)17-11-14(26(27)28)6-8-20(17)25-22/h1-8,10-11,18,21-22,25H,9H2/t18-,21-,22-/m0/s1. The predicted octanol–water partition coefficient (Wildman–Crippen LogP) is 6.37. The van der Waals surface area contributed by atoms with Gasteiger partial charge in [-0.1, -0.05) is 53.5 Å². The minimum atomic E-state index is -0.335. The fraction of sp³-hybridized carbons (Fsp3) is 0.182. The van der Waals surface area contributed by atoms with Crippen LogP contribution in [0.25, 0.3) is 0 Å². The Hall–Kier alpha value is -2.56. The summed E-state index contributed by atoms with van der Waals surface area (Å²) >= 11 is 12.6. The molecule has 0 spiro atoms. The van der Waals surface area contributed by atoms with Crippen LogP contribution in [0.15, 0.2) is 60.7 Å². The predicted molar refractivity (Wildman–Crippen MR) is 111 cm³/mol. The number of nitro groups is 1. The van der Waals surface area contributed by atoms with E-state index < -0.39 is 0 Å². The van der Waals surface area contributed by atoms with Crippen molar-refractivity contribution < 1.29 is 4.92 Å². The lowest BCUT2D eigenvalue weighted by molar-refractivity contribution is -0.384. The van der Waals surface area contributed by atoms with Crippen molar-refractivity contribution in [2.24, 2.45) is 5.92 Å². The highest BCUT2D eigenvalue weighted by Crippen LogP contribution is 2.55. The Kier molecular flexibility index (Phi) is 4.07. The Bertz CT molecular complexity index is 1120. The SMILES string of the molecule is O=[N+]([O-])c1ccc2c(c1)[C@@H]1c3ccccc3C[C@@H]1[C@H](c1ccc(Cl)cc1Cl)N2. The average Bonchev–Trinajstić information content (AvgIpc) is 3.07. The van der Waals surface area contributed by atoms with E-state index in [2.05, 4.69) is 17.4 Å². The van der Waals surface area contributed by atoms with Crippen molar-refractivity contribution in [3.05, 3.63) is 103 Å². The molecule has 1 N–H and O–H groups in total. The first kappa shape index (κ1) is 17.5. The van der Waals surface area contributed by atoms with Gasteiger partial charge in [0.2, 0.25) is 0 Å². The third-order valence-corrected chi connectivity index (χ3v) is 6.45. The van der Waals surface area contributed by atoms with Crippen molar-refractivity contribution in [1.82, 2.24) is 0 Å². The fourth-order valence-corrected chi connectivity index (χ4v) is 5.25. The minimum Gasteiger partial charge on any atom is -0.378 e. The lowest BCUT2D eigenvalue weighted by Gasteiger charge is -2.38. The molecule has 6 heteroatoms. The quantitative estimate of drug-likeness (QED) is 0.394. The highest BCUT2D eigenvalue weighted by molar-refractivity contribution is 6.35. The Morgan fingerprint density at radius 2 is 1.79 bits per heavy atom. The molecule has 140 valence electrons. The molecule has 0 amide bonds. The molecule has 3 aromatic carbocycles. The van der Waals surface area contributed by atoms with Crippen LogP contribution in [0.4, 0.5) is 11.4 Å². The zero-order valence-electron chi connectivity index (χ0n) is 14.7. The second kappa shape index (κ2) is 6.50. The first-order valence-corrected chi connectivity index (χ1v) is 9.86. The minimum absolute atomic E-state index is 0.00359. The highest BCUT2D eigenvalue weighted by atomic mass is 35.5. The lowest BCUT2D eigenvalue weighted by Crippen LogP contribution is -2.30. The van der Waals surface area contributed by atoms with Crippen LogP contribution in [0.3, 0.4) is 0 Å². The van der Waals surface area contributed by atoms with Gasteiger partial charge < -0.3 is 5.32 Å². The van der Waals surface area contributed by atoms with Gasteiger partial charge in [0.25, 0.3) is 5.69 Å². The molecule has 1 aliphatic heterocycles. The molecule has 28 heavy (non-hydrogen) atoms. The molecule has 5 rings (SSSR count). The van der Waals surface area contributed by atoms with Crippen molar-refractivity contribution in [2.75, 3.05) is 5.32 Å². The van der Waals surface area contributed by atoms with Crippen molar-refractivity contribution >= 4 is 34.6 Å². The van der Waals surface area contributed by atoms with Gasteiger partial charge in [-0.2, -0.15) is 0 Å². The highest BCUT2D eigenvalue weighted by Gasteiger charge is 2.44. The summed E-state index contributed by atoms with van der Waals surface area (Å²) in [6, 6.07) is 19.0. The maximum Gasteiger partial charge on any atom is 0.269 e. The number of hydrogen-bond acceptors (Lipinski definition) is 3. The lowest BCUT2D eigenvalue weighted by atomic mass is 9.75. The van der Waals surface area contributed by atoms with Gasteiger partial charge in [0.05, 0.1) is 11.0 Å². The summed E-state index contributed by atoms with van der Waals surface area (Å²) in [5, 5.41) is 16.2. The monoisotopic (exact) mass is 410 g/mol. The number of nitro benzene ring substituents is 1. The largest absolute Gasteiger partial charge is 0.378 e. The summed E-state index contributed by atoms with van der Waals surface area (Å²) in [5.74, 6) is 0.301. The van der Waals surface area contributed by atoms with Gasteiger partial charge in [-0.3, -0.25) is 10.1 Å². The number of non-ortho nitro benzene ring substituents is 1. The molecule has 3 aromatic rings. The van der Waals surface area contributed by atoms with E-state index in [1.165, 1.54) is 11.1 Å². The molecule has 0 aromatic heterocycles. The van der Waals surface area contributed by atoms with E-state index in [0.717, 1.165) is 23.2 Å². The maximum atomic E-state index is 11.3. The number of fused-ring (bicyclic) bond motifs is 5. The van der Waals surface area contributed by atoms with Crippen LogP contribution < -0.4 is 5.32 Å². The number of hydrogen-bond donors (Lipinski definition) is 1. The van der Waals surface area contributed by atoms with E-state index in [9.17, 15) is 10.1 Å². The van der Waals surface area contributed by atoms with Crippen LogP contribution in [0.1, 0.15) is 34.2 Å². The van der Waals surface area contributed by atoms with Crippen LogP contribution in [0.5, 0.6) is 0 Å². The summed E-state index contributed by atoms with van der Waals surface area (Å²) in [4.78, 5) is 11.0. The van der Waals surface area contributed by atoms with Gasteiger partial charge in [0.15, 0.2) is 0 Å². The van der Waals surface area contributed by atoms with E-state index in [0.29, 0.717) is 10.0 Å². The Morgan fingerprint density at radius 1 is 0.964 bits per heavy atom. The van der Waals surface area contributed by atoms with E-state index in [4.69, 9.17) is 23.2 Å². The number of anilines is 1. The molecular weight excluding hydrogens is 395 g/mol. The van der Waals surface area contributed by atoms with Gasteiger partial charge >= 0.3 is 0 Å². The van der Waals surface area contributed by atoms with Gasteiger partial charge in [-0.05, 0) is 52.8 Å². The van der Waals surface area contributed by atoms with Crippen LogP contribution in [-0.2, 0) is 6.42 Å². The van der Waals surface area contributed by atoms with Crippen molar-refractivity contribution in [1.29, 1.82) is 0 Å². The van der Waals surface area contributed by atoms with E-state index in [1.807, 2.05) is 24.3 Å². The molecule has 0 unspecified atom stereocenters. The molecule has 0 saturated heterocycles. The third kappa shape index (κ3) is 2.67. The number of halogens is 2. The van der Waals surface area contributed by atoms with Crippen molar-refractivity contribution in [3.8, 4) is 0 Å². The molecule has 0 saturated carbocycles. The number of rotatable bonds is 2. The molecular formula is C22H16Cl2N2O2. The Labute approximate surface area is 172 Å². The van der Waals surface area contributed by atoms with Crippen LogP contribution in [0.2, 0.25) is 10.0 Å². The van der Waals surface area contributed by atoms with Crippen LogP contribution >= 0.6 is 23.2 Å². The molecule has 0 bridgehead atoms. The molecule has 4 nitrogen and oxygen atoms in total. The van der Waals surface area contributed by atoms with Gasteiger partial charge in [-0.25, -0.2) is 0 Å². The first-order valence-electron chi connectivity index (χ1n) is 9.10. The molecule has 3 atom stereocenters. The molecule has 0 fully saturated rings. The Morgan fingerprint density at radius 3 is 2.57 bits per heavy atom. The zero-order valence-corrected chi connectivity index (χ0v) is 16.2. The summed E-state index contributed by atoms with van der Waals surface area (Å²) in [6.07, 6.45) is 0.888. The van der Waals surface area contributed by atoms with Crippen molar-refractivity contribution in [3.63, 3.8) is 0 Å². The summed E-state index contributed by atoms with van der Waals surface area (Å²) in [5.41, 5.74) is 5.54. The van der Waals surface area contributed by atoms with Gasteiger partial charge in [0.1, 0.15) is 0 Å². The first-order chi connectivity index (χ1) is 13.5. The van der Waals surface area contributed by atoms with E-state index >= 15 is 0 Å². The summed E-state index contributed by atoms with van der Waals surface area (Å²) < 4.78 is 0. The summed E-state index contributed by atoms with van der Waals surface area (Å²) in [6.45, 7) is 0. The van der Waals surface area contributed by atoms with E-state index in [-0.39, 0.29) is 28.5 Å². The average molecular weight is 411 g/mol. The fourth-order valence-electron chi connectivity index (χ4n) is 4.72. The second-order valence-corrected chi connectivity index (χ2v) is 8.20. The summed E-state index contributed by atoms with van der Waals surface area (Å²) in [7, 11) is 0. The Balaban J connectivity index is 1.70.